The Morgan fingerprint density at radius 3 is 2.68 bits per heavy atom. The second kappa shape index (κ2) is 6.54. The maximum atomic E-state index is 4.41. The zero-order valence-corrected chi connectivity index (χ0v) is 12.9. The van der Waals surface area contributed by atoms with Crippen LogP contribution in [0.25, 0.3) is 11.3 Å². The minimum absolute atomic E-state index is 0.303. The Kier molecular flexibility index (Phi) is 4.30. The number of aromatic nitrogens is 3. The fourth-order valence-corrected chi connectivity index (χ4v) is 2.48. The average Bonchev–Trinajstić information content (AvgIpc) is 3.04. The molecule has 1 N–H and O–H groups in total. The van der Waals surface area contributed by atoms with E-state index in [1.165, 1.54) is 5.56 Å². The number of hydrogen-bond donors (Lipinski definition) is 1. The van der Waals surface area contributed by atoms with Crippen molar-refractivity contribution in [1.82, 2.24) is 20.1 Å². The maximum absolute atomic E-state index is 4.41. The van der Waals surface area contributed by atoms with Gasteiger partial charge in [-0.05, 0) is 31.7 Å². The largest absolute Gasteiger partial charge is 0.294 e. The van der Waals surface area contributed by atoms with Crippen molar-refractivity contribution in [2.75, 3.05) is 7.05 Å². The first-order chi connectivity index (χ1) is 10.7. The van der Waals surface area contributed by atoms with Crippen molar-refractivity contribution in [2.24, 2.45) is 0 Å². The highest BCUT2D eigenvalue weighted by Crippen LogP contribution is 2.21. The quantitative estimate of drug-likeness (QED) is 0.780. The van der Waals surface area contributed by atoms with Gasteiger partial charge in [-0.2, -0.15) is 5.10 Å². The Morgan fingerprint density at radius 1 is 1.14 bits per heavy atom. The van der Waals surface area contributed by atoms with Crippen LogP contribution in [0.2, 0.25) is 0 Å². The van der Waals surface area contributed by atoms with Gasteiger partial charge in [-0.1, -0.05) is 36.4 Å². The molecule has 0 bridgehead atoms. The molecule has 112 valence electrons. The highest BCUT2D eigenvalue weighted by Gasteiger charge is 2.13. The zero-order valence-electron chi connectivity index (χ0n) is 12.9. The number of nitrogens with one attached hydrogen (secondary N) is 1. The standard InChI is InChI=1S/C18H20N4/c1-14(16-9-6-10-19-12-16)22(2)13-17-11-18(21-20-17)15-7-4-3-5-8-15/h3-12,14H,13H2,1-2H3,(H,20,21)/t14-/m0/s1. The second-order valence-corrected chi connectivity index (χ2v) is 5.52. The summed E-state index contributed by atoms with van der Waals surface area (Å²) in [5, 5.41) is 7.54. The summed E-state index contributed by atoms with van der Waals surface area (Å²) in [5.41, 5.74) is 4.44. The molecule has 1 aromatic carbocycles. The van der Waals surface area contributed by atoms with Crippen LogP contribution >= 0.6 is 0 Å². The Balaban J connectivity index is 1.70. The van der Waals surface area contributed by atoms with Crippen molar-refractivity contribution in [3.8, 4) is 11.3 Å². The van der Waals surface area contributed by atoms with Gasteiger partial charge in [0, 0.05) is 36.2 Å². The number of hydrogen-bond acceptors (Lipinski definition) is 3. The third-order valence-electron chi connectivity index (χ3n) is 3.95. The summed E-state index contributed by atoms with van der Waals surface area (Å²) < 4.78 is 0. The van der Waals surface area contributed by atoms with Gasteiger partial charge in [0.25, 0.3) is 0 Å². The molecule has 4 heteroatoms. The van der Waals surface area contributed by atoms with Crippen molar-refractivity contribution in [3.05, 3.63) is 72.2 Å². The van der Waals surface area contributed by atoms with Gasteiger partial charge in [0.1, 0.15) is 0 Å². The fraction of sp³-hybridized carbons (Fsp3) is 0.222. The van der Waals surface area contributed by atoms with E-state index in [1.54, 1.807) is 6.20 Å². The SMILES string of the molecule is C[C@@H](c1cccnc1)N(C)Cc1cc(-c2ccccc2)n[nH]1. The summed E-state index contributed by atoms with van der Waals surface area (Å²) in [5.74, 6) is 0. The van der Waals surface area contributed by atoms with Crippen molar-refractivity contribution >= 4 is 0 Å². The van der Waals surface area contributed by atoms with Crippen LogP contribution in [-0.2, 0) is 6.54 Å². The molecule has 3 aromatic rings. The third kappa shape index (κ3) is 3.23. The zero-order chi connectivity index (χ0) is 15.4. The molecule has 0 aliphatic rings. The summed E-state index contributed by atoms with van der Waals surface area (Å²) in [4.78, 5) is 6.47. The summed E-state index contributed by atoms with van der Waals surface area (Å²) in [6.07, 6.45) is 3.72. The van der Waals surface area contributed by atoms with E-state index >= 15 is 0 Å². The molecule has 1 atom stereocenters. The first-order valence-electron chi connectivity index (χ1n) is 7.44. The van der Waals surface area contributed by atoms with E-state index in [0.29, 0.717) is 6.04 Å². The van der Waals surface area contributed by atoms with E-state index in [9.17, 15) is 0 Å². The lowest BCUT2D eigenvalue weighted by atomic mass is 10.1. The van der Waals surface area contributed by atoms with Gasteiger partial charge >= 0.3 is 0 Å². The topological polar surface area (TPSA) is 44.8 Å². The molecule has 3 rings (SSSR count). The van der Waals surface area contributed by atoms with Gasteiger partial charge < -0.3 is 0 Å². The van der Waals surface area contributed by atoms with Crippen molar-refractivity contribution in [3.63, 3.8) is 0 Å². The Bertz CT molecular complexity index is 706. The van der Waals surface area contributed by atoms with Gasteiger partial charge in [0.2, 0.25) is 0 Å². The van der Waals surface area contributed by atoms with Crippen LogP contribution < -0.4 is 0 Å². The lowest BCUT2D eigenvalue weighted by Crippen LogP contribution is -2.22. The van der Waals surface area contributed by atoms with Gasteiger partial charge in [-0.25, -0.2) is 0 Å². The Morgan fingerprint density at radius 2 is 1.95 bits per heavy atom. The fourth-order valence-electron chi connectivity index (χ4n) is 2.48. The predicted octanol–water partition coefficient (Wildman–Crippen LogP) is 3.66. The Labute approximate surface area is 130 Å². The highest BCUT2D eigenvalue weighted by atomic mass is 15.2. The molecule has 2 aromatic heterocycles. The molecule has 0 radical (unpaired) electrons. The molecule has 0 aliphatic heterocycles. The van der Waals surface area contributed by atoms with Gasteiger partial charge in [0.15, 0.2) is 0 Å². The number of benzene rings is 1. The Hall–Kier alpha value is -2.46. The molecule has 0 fully saturated rings. The van der Waals surface area contributed by atoms with E-state index in [2.05, 4.69) is 58.3 Å². The van der Waals surface area contributed by atoms with Crippen LogP contribution in [0.3, 0.4) is 0 Å². The molecule has 4 nitrogen and oxygen atoms in total. The van der Waals surface area contributed by atoms with Crippen LogP contribution in [0.15, 0.2) is 60.9 Å². The second-order valence-electron chi connectivity index (χ2n) is 5.52. The smallest absolute Gasteiger partial charge is 0.0924 e. The van der Waals surface area contributed by atoms with E-state index in [4.69, 9.17) is 0 Å². The third-order valence-corrected chi connectivity index (χ3v) is 3.95. The molecular formula is C18H20N4. The first-order valence-corrected chi connectivity index (χ1v) is 7.44. The van der Waals surface area contributed by atoms with Crippen LogP contribution in [-0.4, -0.2) is 27.1 Å². The number of pyridine rings is 1. The normalized spacial score (nSPS) is 12.5. The van der Waals surface area contributed by atoms with Crippen molar-refractivity contribution in [1.29, 1.82) is 0 Å². The van der Waals surface area contributed by atoms with Crippen LogP contribution in [0.1, 0.15) is 24.2 Å². The molecule has 0 unspecified atom stereocenters. The predicted molar refractivity (Wildman–Crippen MR) is 88.1 cm³/mol. The van der Waals surface area contributed by atoms with Crippen LogP contribution in [0.5, 0.6) is 0 Å². The summed E-state index contributed by atoms with van der Waals surface area (Å²) in [6.45, 7) is 3.00. The number of nitrogens with zero attached hydrogens (tertiary/aromatic N) is 3. The van der Waals surface area contributed by atoms with E-state index in [-0.39, 0.29) is 0 Å². The van der Waals surface area contributed by atoms with E-state index < -0.39 is 0 Å². The number of rotatable bonds is 5. The minimum Gasteiger partial charge on any atom is -0.294 e. The molecule has 0 saturated carbocycles. The van der Waals surface area contributed by atoms with Gasteiger partial charge in [-0.15, -0.1) is 0 Å². The monoisotopic (exact) mass is 292 g/mol. The van der Waals surface area contributed by atoms with Gasteiger partial charge in [0.05, 0.1) is 5.69 Å². The van der Waals surface area contributed by atoms with E-state index in [1.807, 2.05) is 30.5 Å². The molecular weight excluding hydrogens is 272 g/mol. The van der Waals surface area contributed by atoms with Crippen molar-refractivity contribution in [2.45, 2.75) is 19.5 Å². The highest BCUT2D eigenvalue weighted by molar-refractivity contribution is 5.58. The maximum Gasteiger partial charge on any atom is 0.0924 e. The van der Waals surface area contributed by atoms with Gasteiger partial charge in [-0.3, -0.25) is 15.0 Å². The minimum atomic E-state index is 0.303. The molecule has 0 spiro atoms. The summed E-state index contributed by atoms with van der Waals surface area (Å²) in [6, 6.07) is 16.7. The van der Waals surface area contributed by atoms with Crippen LogP contribution in [0, 0.1) is 0 Å². The number of H-pyrrole nitrogens is 1. The lowest BCUT2D eigenvalue weighted by molar-refractivity contribution is 0.249. The van der Waals surface area contributed by atoms with E-state index in [0.717, 1.165) is 23.5 Å². The molecule has 0 aliphatic carbocycles. The number of aromatic amines is 1. The van der Waals surface area contributed by atoms with Crippen molar-refractivity contribution < 1.29 is 0 Å². The molecule has 0 amide bonds. The summed E-state index contributed by atoms with van der Waals surface area (Å²) >= 11 is 0. The molecule has 0 saturated heterocycles. The molecule has 2 heterocycles. The first kappa shape index (κ1) is 14.5. The lowest BCUT2D eigenvalue weighted by Gasteiger charge is -2.24. The average molecular weight is 292 g/mol. The summed E-state index contributed by atoms with van der Waals surface area (Å²) in [7, 11) is 2.11. The van der Waals surface area contributed by atoms with Crippen LogP contribution in [0.4, 0.5) is 0 Å². The molecule has 22 heavy (non-hydrogen) atoms.